The van der Waals surface area contributed by atoms with Crippen LogP contribution in [0.4, 0.5) is 5.69 Å². The molecule has 2 N–H and O–H groups in total. The Morgan fingerprint density at radius 1 is 0.905 bits per heavy atom. The van der Waals surface area contributed by atoms with Crippen LogP contribution >= 0.6 is 34.5 Å². The van der Waals surface area contributed by atoms with Gasteiger partial charge < -0.3 is 15.1 Å². The van der Waals surface area contributed by atoms with Crippen molar-refractivity contribution in [1.82, 2.24) is 0 Å². The number of carbonyl (C=O) groups excluding carboxylic acids is 1. The second-order valence-corrected chi connectivity index (χ2v) is 16.5. The quantitative estimate of drug-likeness (QED) is 0.197. The van der Waals surface area contributed by atoms with Gasteiger partial charge in [0.25, 0.3) is 5.91 Å². The van der Waals surface area contributed by atoms with Crippen LogP contribution in [-0.4, -0.2) is 36.9 Å². The van der Waals surface area contributed by atoms with E-state index in [1.54, 1.807) is 37.3 Å². The minimum atomic E-state index is -1.17. The van der Waals surface area contributed by atoms with E-state index in [0.29, 0.717) is 20.5 Å². The van der Waals surface area contributed by atoms with Crippen LogP contribution in [0.2, 0.25) is 28.2 Å². The van der Waals surface area contributed by atoms with E-state index in [2.05, 4.69) is 33.9 Å². The average Bonchev–Trinajstić information content (AvgIpc) is 3.39. The Kier molecular flexibility index (Phi) is 11.6. The summed E-state index contributed by atoms with van der Waals surface area (Å²) in [6.45, 7) is 13.3. The first-order valence-corrected chi connectivity index (χ1v) is 17.5. The number of aliphatic hydroxyl groups excluding tert-OH is 1. The number of carbonyl (C=O) groups is 2. The minimum absolute atomic E-state index is 0.0191. The molecule has 1 aromatic heterocycles. The molecule has 221 valence electrons. The summed E-state index contributed by atoms with van der Waals surface area (Å²) in [7, 11) is -0.0502. The monoisotopic (exact) mass is 640 g/mol. The van der Waals surface area contributed by atoms with E-state index in [0.717, 1.165) is 16.9 Å². The van der Waals surface area contributed by atoms with Crippen molar-refractivity contribution in [3.05, 3.63) is 111 Å². The average molecular weight is 642 g/mol. The zero-order valence-corrected chi connectivity index (χ0v) is 27.9. The first-order valence-electron chi connectivity index (χ1n) is 13.5. The fraction of sp³-hybridized carbons (Fsp3) is 0.273. The lowest BCUT2D eigenvalue weighted by atomic mass is 10.0. The van der Waals surface area contributed by atoms with Gasteiger partial charge in [-0.15, -0.1) is 11.3 Å². The third-order valence-corrected chi connectivity index (χ3v) is 11.8. The molecule has 0 aliphatic rings. The van der Waals surface area contributed by atoms with Gasteiger partial charge in [-0.25, -0.2) is 4.79 Å². The number of nitrogens with zero attached hydrogens (tertiary/aromatic N) is 1. The number of thiophene rings is 1. The lowest BCUT2D eigenvalue weighted by Gasteiger charge is -2.33. The maximum atomic E-state index is 13.9. The number of hydrogen-bond acceptors (Lipinski definition) is 4. The molecule has 3 aromatic carbocycles. The fourth-order valence-electron chi connectivity index (χ4n) is 3.83. The molecule has 1 amide bonds. The highest BCUT2D eigenvalue weighted by molar-refractivity contribution is 7.18. The number of hydrogen-bond donors (Lipinski definition) is 2. The Bertz CT molecular complexity index is 1500. The zero-order chi connectivity index (χ0) is 31.2. The van der Waals surface area contributed by atoms with Crippen molar-refractivity contribution in [2.75, 3.05) is 4.90 Å². The van der Waals surface area contributed by atoms with Crippen LogP contribution in [-0.2, 0) is 0 Å². The molecule has 5 nitrogen and oxygen atoms in total. The molecule has 2 atom stereocenters. The van der Waals surface area contributed by atoms with E-state index in [4.69, 9.17) is 23.2 Å². The van der Waals surface area contributed by atoms with Gasteiger partial charge >= 0.3 is 5.97 Å². The van der Waals surface area contributed by atoms with Gasteiger partial charge in [0.2, 0.25) is 0 Å². The van der Waals surface area contributed by atoms with E-state index in [-0.39, 0.29) is 29.9 Å². The third-order valence-electron chi connectivity index (χ3n) is 7.11. The summed E-state index contributed by atoms with van der Waals surface area (Å²) in [6.07, 6.45) is -1.09. The van der Waals surface area contributed by atoms with E-state index < -0.39 is 24.0 Å². The van der Waals surface area contributed by atoms with Crippen LogP contribution in [0.25, 0.3) is 10.4 Å². The van der Waals surface area contributed by atoms with Crippen LogP contribution in [0.3, 0.4) is 0 Å². The smallest absolute Gasteiger partial charge is 0.348 e. The second kappa shape index (κ2) is 14.5. The van der Waals surface area contributed by atoms with Gasteiger partial charge in [-0.1, -0.05) is 118 Å². The van der Waals surface area contributed by atoms with Gasteiger partial charge in [-0.05, 0) is 47.4 Å². The highest BCUT2D eigenvalue weighted by atomic mass is 35.5. The Morgan fingerprint density at radius 3 is 1.95 bits per heavy atom. The molecule has 0 saturated carbocycles. The largest absolute Gasteiger partial charge is 0.477 e. The molecule has 0 spiro atoms. The van der Waals surface area contributed by atoms with Crippen molar-refractivity contribution in [2.24, 2.45) is 0 Å². The van der Waals surface area contributed by atoms with Crippen molar-refractivity contribution >= 4 is 60.9 Å². The molecule has 0 aliphatic heterocycles. The second-order valence-electron chi connectivity index (χ2n) is 11.1. The number of rotatable bonds is 7. The summed E-state index contributed by atoms with van der Waals surface area (Å²) in [6, 6.07) is 23.5. The van der Waals surface area contributed by atoms with Crippen LogP contribution in [0.1, 0.15) is 59.4 Å². The van der Waals surface area contributed by atoms with Gasteiger partial charge in [0, 0.05) is 18.7 Å². The predicted octanol–water partition coefficient (Wildman–Crippen LogP) is 9.73. The summed E-state index contributed by atoms with van der Waals surface area (Å²) in [5.74, 6) is -1.72. The molecule has 0 saturated heterocycles. The Balaban J connectivity index is 0.000000616. The van der Waals surface area contributed by atoms with Gasteiger partial charge in [0.05, 0.1) is 28.4 Å². The number of aliphatic hydroxyl groups is 1. The summed E-state index contributed by atoms with van der Waals surface area (Å²) < 4.78 is 0. The number of carboxylic acid groups (broad SMARTS) is 1. The summed E-state index contributed by atoms with van der Waals surface area (Å²) in [5, 5.41) is 22.3. The van der Waals surface area contributed by atoms with Gasteiger partial charge in [-0.2, -0.15) is 0 Å². The van der Waals surface area contributed by atoms with Crippen LogP contribution in [0.5, 0.6) is 0 Å². The summed E-state index contributed by atoms with van der Waals surface area (Å²) in [5.41, 5.74) is 1.74. The predicted molar refractivity (Wildman–Crippen MR) is 178 cm³/mol. The maximum Gasteiger partial charge on any atom is 0.348 e. The molecule has 1 heterocycles. The van der Waals surface area contributed by atoms with E-state index in [9.17, 15) is 19.8 Å². The van der Waals surface area contributed by atoms with Crippen LogP contribution < -0.4 is 4.90 Å². The number of carboxylic acids is 1. The van der Waals surface area contributed by atoms with Gasteiger partial charge in [-0.3, -0.25) is 4.79 Å². The zero-order valence-electron chi connectivity index (χ0n) is 24.6. The Morgan fingerprint density at radius 2 is 1.45 bits per heavy atom. The third kappa shape index (κ3) is 8.33. The fourth-order valence-corrected chi connectivity index (χ4v) is 5.32. The van der Waals surface area contributed by atoms with Crippen LogP contribution in [0, 0.1) is 0 Å². The number of halogens is 2. The number of aromatic carboxylic acids is 1. The minimum Gasteiger partial charge on any atom is -0.477 e. The number of benzene rings is 3. The molecule has 0 bridgehead atoms. The molecule has 1 radical (unpaired) electrons. The Labute approximate surface area is 264 Å². The molecular weight excluding hydrogens is 605 g/mol. The van der Waals surface area contributed by atoms with Gasteiger partial charge in [0.15, 0.2) is 0 Å². The van der Waals surface area contributed by atoms with E-state index in [1.807, 2.05) is 36.4 Å². The highest BCUT2D eigenvalue weighted by Crippen LogP contribution is 2.40. The number of anilines is 1. The molecule has 0 unspecified atom stereocenters. The van der Waals surface area contributed by atoms with E-state index in [1.165, 1.54) is 23.1 Å². The summed E-state index contributed by atoms with van der Waals surface area (Å²) >= 11 is 13.4. The van der Waals surface area contributed by atoms with Crippen molar-refractivity contribution < 1.29 is 19.8 Å². The lowest BCUT2D eigenvalue weighted by molar-refractivity contribution is 0.0702. The Hall–Kier alpha value is -2.94. The van der Waals surface area contributed by atoms with Crippen molar-refractivity contribution in [2.45, 2.75) is 58.0 Å². The van der Waals surface area contributed by atoms with Crippen LogP contribution in [0.15, 0.2) is 84.9 Å². The first kappa shape index (κ1) is 33.6. The van der Waals surface area contributed by atoms with Crippen molar-refractivity contribution in [1.29, 1.82) is 0 Å². The van der Waals surface area contributed by atoms with Crippen molar-refractivity contribution in [3.63, 3.8) is 0 Å². The number of amides is 1. The normalized spacial score (nSPS) is 12.7. The summed E-state index contributed by atoms with van der Waals surface area (Å²) in [4.78, 5) is 28.1. The molecule has 42 heavy (non-hydrogen) atoms. The SMILES string of the molecule is C[C@H]([C@@H](O)c1ccccc1)N(C(=O)c1ccc(Cl)cc1Cl)c1cc(-c2ccccc2)sc1C(=O)O.C[Si](C)C(C)(C)C. The molecule has 4 rings (SSSR count). The molecule has 9 heteroatoms. The first-order chi connectivity index (χ1) is 19.7. The topological polar surface area (TPSA) is 77.8 Å². The molecular formula is C33H36Cl2NO4SSi. The van der Waals surface area contributed by atoms with Crippen molar-refractivity contribution in [3.8, 4) is 10.4 Å². The van der Waals surface area contributed by atoms with Gasteiger partial charge in [0.1, 0.15) is 4.88 Å². The highest BCUT2D eigenvalue weighted by Gasteiger charge is 2.34. The van der Waals surface area contributed by atoms with E-state index >= 15 is 0 Å². The molecule has 0 fully saturated rings. The lowest BCUT2D eigenvalue weighted by Crippen LogP contribution is -2.43. The molecule has 0 aliphatic carbocycles. The standard InChI is InChI=1S/C27H21Cl2NO4S.C6H15Si/c1-16(24(31)18-10-6-3-7-11-18)30(26(32)20-13-12-19(28)14-21(20)29)22-15-23(35-25(22)27(33)34)17-8-4-2-5-9-17;1-6(2,3)7(4)5/h2-16,24,31H,1H3,(H,33,34);1-5H3/t16-,24-;/m1./s1. The maximum absolute atomic E-state index is 13.9. The molecule has 4 aromatic rings.